The van der Waals surface area contributed by atoms with Gasteiger partial charge in [0.2, 0.25) is 0 Å². The lowest BCUT2D eigenvalue weighted by molar-refractivity contribution is 0.102. The molecule has 0 bridgehead atoms. The molecule has 7 nitrogen and oxygen atoms in total. The summed E-state index contributed by atoms with van der Waals surface area (Å²) in [6.07, 6.45) is 3.87. The minimum Gasteiger partial charge on any atom is -0.493 e. The molecule has 0 radical (unpaired) electrons. The van der Waals surface area contributed by atoms with Gasteiger partial charge in [0.15, 0.2) is 16.3 Å². The third-order valence-electron chi connectivity index (χ3n) is 4.70. The van der Waals surface area contributed by atoms with Crippen molar-refractivity contribution in [1.29, 1.82) is 0 Å². The lowest BCUT2D eigenvalue weighted by Gasteiger charge is -2.08. The van der Waals surface area contributed by atoms with Crippen molar-refractivity contribution in [2.75, 3.05) is 12.4 Å². The summed E-state index contributed by atoms with van der Waals surface area (Å²) in [5.74, 6) is -0.110. The van der Waals surface area contributed by atoms with Crippen molar-refractivity contribution in [2.24, 2.45) is 0 Å². The maximum atomic E-state index is 12.8. The van der Waals surface area contributed by atoms with Gasteiger partial charge in [0.05, 0.1) is 12.8 Å². The lowest BCUT2D eigenvalue weighted by atomic mass is 10.1. The van der Waals surface area contributed by atoms with Crippen molar-refractivity contribution in [3.63, 3.8) is 0 Å². The second-order valence-electron chi connectivity index (χ2n) is 6.58. The zero-order chi connectivity index (χ0) is 20.7. The van der Waals surface area contributed by atoms with Crippen LogP contribution in [0.5, 0.6) is 5.75 Å². The van der Waals surface area contributed by atoms with Gasteiger partial charge in [-0.2, -0.15) is 0 Å². The molecule has 0 saturated heterocycles. The summed E-state index contributed by atoms with van der Waals surface area (Å²) in [5, 5.41) is 5.34. The van der Waals surface area contributed by atoms with Gasteiger partial charge in [0.1, 0.15) is 5.56 Å². The van der Waals surface area contributed by atoms with Crippen LogP contribution in [0.3, 0.4) is 0 Å². The molecule has 3 aromatic heterocycles. The summed E-state index contributed by atoms with van der Waals surface area (Å²) in [6.45, 7) is 0. The number of hydrogen-bond acceptors (Lipinski definition) is 6. The molecule has 0 aliphatic carbocycles. The Morgan fingerprint density at radius 3 is 2.90 bits per heavy atom. The van der Waals surface area contributed by atoms with E-state index in [2.05, 4.69) is 10.3 Å². The number of carbonyl (C=O) groups excluding carboxylic acids is 1. The van der Waals surface area contributed by atoms with Crippen LogP contribution in [0.15, 0.2) is 75.5 Å². The number of methoxy groups -OCH3 is 1. The first-order valence-corrected chi connectivity index (χ1v) is 9.95. The average molecular weight is 417 g/mol. The van der Waals surface area contributed by atoms with Gasteiger partial charge in [-0.3, -0.25) is 9.20 Å². The van der Waals surface area contributed by atoms with E-state index in [1.165, 1.54) is 13.2 Å². The predicted molar refractivity (Wildman–Crippen MR) is 115 cm³/mol. The van der Waals surface area contributed by atoms with Crippen LogP contribution in [-0.4, -0.2) is 22.4 Å². The predicted octanol–water partition coefficient (Wildman–Crippen LogP) is 4.43. The number of aromatic nitrogens is 2. The third-order valence-corrected chi connectivity index (χ3v) is 5.47. The van der Waals surface area contributed by atoms with E-state index < -0.39 is 11.5 Å². The van der Waals surface area contributed by atoms with Crippen LogP contribution in [0.25, 0.3) is 27.2 Å². The number of ether oxygens (including phenoxy) is 1. The summed E-state index contributed by atoms with van der Waals surface area (Å²) in [7, 11) is 1.49. The van der Waals surface area contributed by atoms with Gasteiger partial charge in [0.25, 0.3) is 5.91 Å². The molecular formula is C22H15N3O4S. The van der Waals surface area contributed by atoms with Crippen molar-refractivity contribution in [2.45, 2.75) is 0 Å². The van der Waals surface area contributed by atoms with Gasteiger partial charge in [-0.15, -0.1) is 11.3 Å². The first kappa shape index (κ1) is 18.1. The maximum Gasteiger partial charge on any atom is 0.349 e. The van der Waals surface area contributed by atoms with Crippen molar-refractivity contribution < 1.29 is 13.9 Å². The van der Waals surface area contributed by atoms with E-state index in [9.17, 15) is 9.59 Å². The van der Waals surface area contributed by atoms with Gasteiger partial charge in [-0.05, 0) is 24.3 Å². The number of nitrogens with zero attached hydrogens (tertiary/aromatic N) is 2. The minimum atomic E-state index is -0.727. The SMILES string of the molecule is COc1cccc2cc(C(=O)Nc3cccc(-c4cn5ccsc5n4)c3)c(=O)oc12. The van der Waals surface area contributed by atoms with Crippen molar-refractivity contribution in [3.05, 3.63) is 82.3 Å². The monoisotopic (exact) mass is 417 g/mol. The number of fused-ring (bicyclic) bond motifs is 2. The Kier molecular flexibility index (Phi) is 4.33. The highest BCUT2D eigenvalue weighted by molar-refractivity contribution is 7.15. The molecule has 148 valence electrons. The zero-order valence-corrected chi connectivity index (χ0v) is 16.6. The van der Waals surface area contributed by atoms with Crippen molar-refractivity contribution in [1.82, 2.24) is 9.38 Å². The smallest absolute Gasteiger partial charge is 0.349 e. The van der Waals surface area contributed by atoms with Gasteiger partial charge in [-0.1, -0.05) is 24.3 Å². The van der Waals surface area contributed by atoms with Crippen LogP contribution < -0.4 is 15.7 Å². The number of hydrogen-bond donors (Lipinski definition) is 1. The Morgan fingerprint density at radius 2 is 2.07 bits per heavy atom. The topological polar surface area (TPSA) is 85.8 Å². The fourth-order valence-electron chi connectivity index (χ4n) is 3.26. The summed E-state index contributed by atoms with van der Waals surface area (Å²) in [6, 6.07) is 14.0. The number of carbonyl (C=O) groups is 1. The molecule has 0 aliphatic heterocycles. The maximum absolute atomic E-state index is 12.8. The van der Waals surface area contributed by atoms with Gasteiger partial charge < -0.3 is 14.5 Å². The molecule has 0 spiro atoms. The summed E-state index contributed by atoms with van der Waals surface area (Å²) < 4.78 is 12.5. The molecule has 0 unspecified atom stereocenters. The Bertz CT molecular complexity index is 1440. The molecule has 1 amide bonds. The van der Waals surface area contributed by atoms with Gasteiger partial charge in [-0.25, -0.2) is 9.78 Å². The summed E-state index contributed by atoms with van der Waals surface area (Å²) >= 11 is 1.55. The van der Waals surface area contributed by atoms with E-state index in [-0.39, 0.29) is 5.56 Å². The first-order valence-electron chi connectivity index (χ1n) is 9.07. The fraction of sp³-hybridized carbons (Fsp3) is 0.0455. The molecule has 30 heavy (non-hydrogen) atoms. The molecule has 0 saturated carbocycles. The number of para-hydroxylation sites is 1. The van der Waals surface area contributed by atoms with E-state index in [0.717, 1.165) is 16.2 Å². The van der Waals surface area contributed by atoms with E-state index in [0.29, 0.717) is 22.4 Å². The Balaban J connectivity index is 1.46. The highest BCUT2D eigenvalue weighted by Gasteiger charge is 2.16. The number of thiazole rings is 1. The Hall–Kier alpha value is -3.91. The first-order chi connectivity index (χ1) is 14.6. The standard InChI is InChI=1S/C22H15N3O4S/c1-28-18-7-3-5-14-11-16(21(27)29-19(14)18)20(26)23-15-6-2-4-13(10-15)17-12-25-8-9-30-22(25)24-17/h2-12H,1H3,(H,23,26). The van der Waals surface area contributed by atoms with Crippen molar-refractivity contribution >= 4 is 38.9 Å². The van der Waals surface area contributed by atoms with Crippen LogP contribution in [0.1, 0.15) is 10.4 Å². The largest absolute Gasteiger partial charge is 0.493 e. The number of imidazole rings is 1. The number of anilines is 1. The second-order valence-corrected chi connectivity index (χ2v) is 7.45. The minimum absolute atomic E-state index is 0.0799. The highest BCUT2D eigenvalue weighted by atomic mass is 32.1. The van der Waals surface area contributed by atoms with E-state index in [1.807, 2.05) is 40.4 Å². The van der Waals surface area contributed by atoms with Gasteiger partial charge >= 0.3 is 5.63 Å². The van der Waals surface area contributed by atoms with Gasteiger partial charge in [0, 0.05) is 34.4 Å². The zero-order valence-electron chi connectivity index (χ0n) is 15.8. The van der Waals surface area contributed by atoms with Crippen LogP contribution >= 0.6 is 11.3 Å². The Morgan fingerprint density at radius 1 is 1.20 bits per heavy atom. The molecular weight excluding hydrogens is 402 g/mol. The quantitative estimate of drug-likeness (QED) is 0.437. The van der Waals surface area contributed by atoms with Crippen LogP contribution in [-0.2, 0) is 0 Å². The van der Waals surface area contributed by atoms with Crippen molar-refractivity contribution in [3.8, 4) is 17.0 Å². The molecule has 0 atom stereocenters. The third kappa shape index (κ3) is 3.13. The van der Waals surface area contributed by atoms with E-state index in [1.54, 1.807) is 35.6 Å². The number of nitrogens with one attached hydrogen (secondary N) is 1. The molecule has 0 fully saturated rings. The summed E-state index contributed by atoms with van der Waals surface area (Å²) in [4.78, 5) is 30.6. The molecule has 5 aromatic rings. The summed E-state index contributed by atoms with van der Waals surface area (Å²) in [5.41, 5.74) is 1.72. The normalized spacial score (nSPS) is 11.1. The average Bonchev–Trinajstić information content (AvgIpc) is 3.35. The fourth-order valence-corrected chi connectivity index (χ4v) is 3.96. The second kappa shape index (κ2) is 7.16. The lowest BCUT2D eigenvalue weighted by Crippen LogP contribution is -2.20. The molecule has 1 N–H and O–H groups in total. The number of amides is 1. The highest BCUT2D eigenvalue weighted by Crippen LogP contribution is 2.26. The molecule has 2 aromatic carbocycles. The molecule has 8 heteroatoms. The van der Waals surface area contributed by atoms with Crippen LogP contribution in [0, 0.1) is 0 Å². The van der Waals surface area contributed by atoms with Crippen LogP contribution in [0.4, 0.5) is 5.69 Å². The number of benzene rings is 2. The Labute approximate surface area is 174 Å². The van der Waals surface area contributed by atoms with E-state index >= 15 is 0 Å². The molecule has 5 rings (SSSR count). The van der Waals surface area contributed by atoms with Crippen LogP contribution in [0.2, 0.25) is 0 Å². The number of rotatable bonds is 4. The van der Waals surface area contributed by atoms with E-state index in [4.69, 9.17) is 9.15 Å². The molecule has 3 heterocycles. The molecule has 0 aliphatic rings.